The van der Waals surface area contributed by atoms with Gasteiger partial charge in [-0.05, 0) is 44.4 Å². The predicted molar refractivity (Wildman–Crippen MR) is 83.4 cm³/mol. The summed E-state index contributed by atoms with van der Waals surface area (Å²) in [6.45, 7) is 4.26. The van der Waals surface area contributed by atoms with E-state index < -0.39 is 5.54 Å². The van der Waals surface area contributed by atoms with Gasteiger partial charge in [0, 0.05) is 12.8 Å². The molecule has 1 saturated carbocycles. The summed E-state index contributed by atoms with van der Waals surface area (Å²) in [4.78, 5) is 12.6. The molecule has 0 radical (unpaired) electrons. The molecule has 1 aliphatic rings. The van der Waals surface area contributed by atoms with E-state index in [1.807, 2.05) is 38.1 Å². The van der Waals surface area contributed by atoms with Gasteiger partial charge in [-0.1, -0.05) is 25.0 Å². The Morgan fingerprint density at radius 1 is 1.43 bits per heavy atom. The van der Waals surface area contributed by atoms with Crippen molar-refractivity contribution in [3.8, 4) is 0 Å². The second kappa shape index (κ2) is 6.94. The Kier molecular flexibility index (Phi) is 5.23. The minimum atomic E-state index is -0.781. The van der Waals surface area contributed by atoms with E-state index in [2.05, 4.69) is 5.32 Å². The molecule has 2 unspecified atom stereocenters. The molecule has 116 valence electrons. The minimum absolute atomic E-state index is 0.161. The molecule has 0 saturated heterocycles. The number of rotatable bonds is 5. The highest BCUT2D eigenvalue weighted by molar-refractivity contribution is 5.85. The number of benzene rings is 1. The summed E-state index contributed by atoms with van der Waals surface area (Å²) in [6.07, 6.45) is 3.52. The van der Waals surface area contributed by atoms with Crippen LogP contribution in [0.2, 0.25) is 0 Å². The van der Waals surface area contributed by atoms with E-state index in [1.165, 1.54) is 0 Å². The van der Waals surface area contributed by atoms with E-state index in [0.717, 1.165) is 36.9 Å². The van der Waals surface area contributed by atoms with Crippen LogP contribution >= 0.6 is 0 Å². The van der Waals surface area contributed by atoms with Crippen LogP contribution in [0.25, 0.3) is 0 Å². The molecular weight excluding hydrogens is 266 g/mol. The lowest BCUT2D eigenvalue weighted by atomic mass is 9.78. The monoisotopic (exact) mass is 291 g/mol. The van der Waals surface area contributed by atoms with Crippen molar-refractivity contribution in [1.29, 1.82) is 0 Å². The van der Waals surface area contributed by atoms with Crippen LogP contribution in [-0.2, 0) is 14.3 Å². The zero-order valence-corrected chi connectivity index (χ0v) is 13.1. The molecule has 4 heteroatoms. The number of aryl methyl sites for hydroxylation is 1. The molecule has 0 amide bonds. The largest absolute Gasteiger partial charge is 0.464 e. The summed E-state index contributed by atoms with van der Waals surface area (Å²) in [6, 6.07) is 8.05. The lowest BCUT2D eigenvalue weighted by Gasteiger charge is -2.42. The van der Waals surface area contributed by atoms with Crippen LogP contribution in [0.5, 0.6) is 0 Å². The first-order valence-corrected chi connectivity index (χ1v) is 7.67. The number of esters is 1. The smallest absolute Gasteiger partial charge is 0.334 e. The standard InChI is InChI=1S/C17H25NO3/c1-4-21-16(19)17(11-6-5-10-15(17)20-3)18-14-9-7-8-13(2)12-14/h7-9,12,15,18H,4-6,10-11H2,1-3H3. The summed E-state index contributed by atoms with van der Waals surface area (Å²) in [5.74, 6) is -0.210. The molecule has 4 nitrogen and oxygen atoms in total. The van der Waals surface area contributed by atoms with Crippen LogP contribution < -0.4 is 5.32 Å². The molecular formula is C17H25NO3. The van der Waals surface area contributed by atoms with Gasteiger partial charge in [-0.2, -0.15) is 0 Å². The quantitative estimate of drug-likeness (QED) is 0.846. The molecule has 0 spiro atoms. The van der Waals surface area contributed by atoms with Crippen molar-refractivity contribution in [2.24, 2.45) is 0 Å². The number of anilines is 1. The average molecular weight is 291 g/mol. The fourth-order valence-corrected chi connectivity index (χ4v) is 3.13. The van der Waals surface area contributed by atoms with E-state index in [1.54, 1.807) is 7.11 Å². The molecule has 0 heterocycles. The summed E-state index contributed by atoms with van der Waals surface area (Å²) >= 11 is 0. The summed E-state index contributed by atoms with van der Waals surface area (Å²) in [5, 5.41) is 3.42. The molecule has 1 aromatic carbocycles. The van der Waals surface area contributed by atoms with E-state index in [4.69, 9.17) is 9.47 Å². The number of nitrogens with one attached hydrogen (secondary N) is 1. The van der Waals surface area contributed by atoms with Crippen LogP contribution in [0, 0.1) is 6.92 Å². The van der Waals surface area contributed by atoms with Crippen molar-refractivity contribution >= 4 is 11.7 Å². The van der Waals surface area contributed by atoms with Gasteiger partial charge in [0.15, 0.2) is 5.54 Å². The highest BCUT2D eigenvalue weighted by Crippen LogP contribution is 2.35. The molecule has 1 aromatic rings. The highest BCUT2D eigenvalue weighted by atomic mass is 16.5. The number of ether oxygens (including phenoxy) is 2. The third-order valence-electron chi connectivity index (χ3n) is 4.15. The van der Waals surface area contributed by atoms with E-state index in [0.29, 0.717) is 6.61 Å². The lowest BCUT2D eigenvalue weighted by Crippen LogP contribution is -2.58. The van der Waals surface area contributed by atoms with Crippen molar-refractivity contribution in [3.63, 3.8) is 0 Å². The molecule has 1 aliphatic carbocycles. The average Bonchev–Trinajstić information content (AvgIpc) is 2.48. The van der Waals surface area contributed by atoms with Crippen molar-refractivity contribution in [2.45, 2.75) is 51.2 Å². The highest BCUT2D eigenvalue weighted by Gasteiger charge is 2.49. The number of carbonyl (C=O) groups excluding carboxylic acids is 1. The van der Waals surface area contributed by atoms with Gasteiger partial charge in [0.1, 0.15) is 0 Å². The van der Waals surface area contributed by atoms with Crippen molar-refractivity contribution in [2.75, 3.05) is 19.0 Å². The van der Waals surface area contributed by atoms with E-state index in [9.17, 15) is 4.79 Å². The molecule has 21 heavy (non-hydrogen) atoms. The SMILES string of the molecule is CCOC(=O)C1(Nc2cccc(C)c2)CCCCC1OC. The molecule has 2 atom stereocenters. The van der Waals surface area contributed by atoms with Gasteiger partial charge in [-0.3, -0.25) is 0 Å². The topological polar surface area (TPSA) is 47.6 Å². The Morgan fingerprint density at radius 2 is 2.24 bits per heavy atom. The summed E-state index contributed by atoms with van der Waals surface area (Å²) in [7, 11) is 1.67. The molecule has 1 N–H and O–H groups in total. The second-order valence-electron chi connectivity index (χ2n) is 5.66. The fourth-order valence-electron chi connectivity index (χ4n) is 3.13. The predicted octanol–water partition coefficient (Wildman–Crippen LogP) is 3.30. The van der Waals surface area contributed by atoms with E-state index in [-0.39, 0.29) is 12.1 Å². The van der Waals surface area contributed by atoms with Gasteiger partial charge in [0.2, 0.25) is 0 Å². The van der Waals surface area contributed by atoms with Gasteiger partial charge < -0.3 is 14.8 Å². The van der Waals surface area contributed by atoms with Crippen molar-refractivity contribution < 1.29 is 14.3 Å². The maximum Gasteiger partial charge on any atom is 0.334 e. The number of hydrogen-bond donors (Lipinski definition) is 1. The zero-order chi connectivity index (χ0) is 15.3. The Morgan fingerprint density at radius 3 is 2.90 bits per heavy atom. The van der Waals surface area contributed by atoms with Gasteiger partial charge in [0.05, 0.1) is 12.7 Å². The van der Waals surface area contributed by atoms with Crippen LogP contribution in [0.15, 0.2) is 24.3 Å². The second-order valence-corrected chi connectivity index (χ2v) is 5.66. The third kappa shape index (κ3) is 3.38. The van der Waals surface area contributed by atoms with E-state index >= 15 is 0 Å². The summed E-state index contributed by atoms with van der Waals surface area (Å²) in [5.41, 5.74) is 1.31. The summed E-state index contributed by atoms with van der Waals surface area (Å²) < 4.78 is 11.0. The fraction of sp³-hybridized carbons (Fsp3) is 0.588. The molecule has 1 fully saturated rings. The number of methoxy groups -OCH3 is 1. The molecule has 0 aromatic heterocycles. The molecule has 0 bridgehead atoms. The Bertz CT molecular complexity index is 489. The molecule has 2 rings (SSSR count). The van der Waals surface area contributed by atoms with Gasteiger partial charge in [-0.25, -0.2) is 4.79 Å². The molecule has 0 aliphatic heterocycles. The first kappa shape index (κ1) is 15.8. The van der Waals surface area contributed by atoms with Crippen molar-refractivity contribution in [1.82, 2.24) is 0 Å². The maximum absolute atomic E-state index is 12.6. The minimum Gasteiger partial charge on any atom is -0.464 e. The third-order valence-corrected chi connectivity index (χ3v) is 4.15. The Hall–Kier alpha value is -1.55. The first-order valence-electron chi connectivity index (χ1n) is 7.67. The Labute approximate surface area is 126 Å². The number of hydrogen-bond acceptors (Lipinski definition) is 4. The Balaban J connectivity index is 2.32. The van der Waals surface area contributed by atoms with Gasteiger partial charge in [-0.15, -0.1) is 0 Å². The van der Waals surface area contributed by atoms with Crippen LogP contribution in [0.4, 0.5) is 5.69 Å². The first-order chi connectivity index (χ1) is 10.1. The lowest BCUT2D eigenvalue weighted by molar-refractivity contribution is -0.156. The van der Waals surface area contributed by atoms with Gasteiger partial charge >= 0.3 is 5.97 Å². The van der Waals surface area contributed by atoms with Gasteiger partial charge in [0.25, 0.3) is 0 Å². The normalized spacial score (nSPS) is 25.4. The van der Waals surface area contributed by atoms with Crippen molar-refractivity contribution in [3.05, 3.63) is 29.8 Å². The van der Waals surface area contributed by atoms with Crippen LogP contribution in [-0.4, -0.2) is 31.3 Å². The van der Waals surface area contributed by atoms with Crippen LogP contribution in [0.3, 0.4) is 0 Å². The maximum atomic E-state index is 12.6. The zero-order valence-electron chi connectivity index (χ0n) is 13.1. The number of carbonyl (C=O) groups is 1. The van der Waals surface area contributed by atoms with Crippen LogP contribution in [0.1, 0.15) is 38.2 Å².